The number of amides is 3. The lowest BCUT2D eigenvalue weighted by Gasteiger charge is -2.21. The van der Waals surface area contributed by atoms with E-state index in [0.717, 1.165) is 4.88 Å². The minimum Gasteiger partial charge on any atom is -0.466 e. The van der Waals surface area contributed by atoms with Crippen LogP contribution in [0.3, 0.4) is 0 Å². The number of thiophene rings is 1. The molecule has 2 aliphatic rings. The molecule has 9 nitrogen and oxygen atoms in total. The van der Waals surface area contributed by atoms with Crippen molar-refractivity contribution in [3.8, 4) is 11.5 Å². The minimum absolute atomic E-state index is 0.0516. The summed E-state index contributed by atoms with van der Waals surface area (Å²) in [5.41, 5.74) is 0.675. The van der Waals surface area contributed by atoms with Gasteiger partial charge >= 0.3 is 12.0 Å². The van der Waals surface area contributed by atoms with E-state index in [0.29, 0.717) is 36.6 Å². The van der Waals surface area contributed by atoms with Gasteiger partial charge in [0.05, 0.1) is 25.6 Å². The number of hydrogen-bond donors (Lipinski definition) is 2. The zero-order valence-corrected chi connectivity index (χ0v) is 18.5. The van der Waals surface area contributed by atoms with Crippen LogP contribution in [0.15, 0.2) is 35.7 Å². The molecule has 2 N–H and O–H groups in total. The van der Waals surface area contributed by atoms with Crippen molar-refractivity contribution in [3.05, 3.63) is 46.2 Å². The van der Waals surface area contributed by atoms with Crippen LogP contribution < -0.4 is 20.1 Å². The molecule has 0 radical (unpaired) electrons. The molecule has 3 amide bonds. The fourth-order valence-electron chi connectivity index (χ4n) is 3.75. The van der Waals surface area contributed by atoms with E-state index in [4.69, 9.17) is 14.2 Å². The van der Waals surface area contributed by atoms with Gasteiger partial charge in [-0.25, -0.2) is 4.79 Å². The van der Waals surface area contributed by atoms with E-state index >= 15 is 0 Å². The highest BCUT2D eigenvalue weighted by atomic mass is 32.1. The van der Waals surface area contributed by atoms with Gasteiger partial charge in [0, 0.05) is 11.4 Å². The molecule has 32 heavy (non-hydrogen) atoms. The zero-order valence-electron chi connectivity index (χ0n) is 17.7. The van der Waals surface area contributed by atoms with Gasteiger partial charge in [0.1, 0.15) is 6.04 Å². The molecule has 2 atom stereocenters. The first-order valence-electron chi connectivity index (χ1n) is 10.5. The maximum absolute atomic E-state index is 12.7. The van der Waals surface area contributed by atoms with Crippen molar-refractivity contribution < 1.29 is 28.6 Å². The van der Waals surface area contributed by atoms with Gasteiger partial charge in [-0.05, 0) is 42.5 Å². The molecule has 3 heterocycles. The number of esters is 1. The maximum Gasteiger partial charge on any atom is 0.315 e. The number of fused-ring (bicyclic) bond motifs is 1. The van der Waals surface area contributed by atoms with E-state index < -0.39 is 24.1 Å². The molecule has 0 aliphatic carbocycles. The van der Waals surface area contributed by atoms with Crippen molar-refractivity contribution in [2.45, 2.75) is 38.4 Å². The topological polar surface area (TPSA) is 106 Å². The van der Waals surface area contributed by atoms with Crippen LogP contribution in [-0.4, -0.2) is 48.8 Å². The average molecular weight is 460 g/mol. The monoisotopic (exact) mass is 459 g/mol. The molecule has 0 bridgehead atoms. The number of hydrogen-bond acceptors (Lipinski definition) is 7. The smallest absolute Gasteiger partial charge is 0.315 e. The molecule has 1 aromatic carbocycles. The Morgan fingerprint density at radius 2 is 2.12 bits per heavy atom. The number of carbonyl (C=O) groups excluding carboxylic acids is 3. The lowest BCUT2D eigenvalue weighted by Crippen LogP contribution is -2.47. The predicted molar refractivity (Wildman–Crippen MR) is 116 cm³/mol. The van der Waals surface area contributed by atoms with Gasteiger partial charge in [-0.3, -0.25) is 9.59 Å². The van der Waals surface area contributed by atoms with Gasteiger partial charge in [0.2, 0.25) is 12.7 Å². The summed E-state index contributed by atoms with van der Waals surface area (Å²) in [7, 11) is 0. The van der Waals surface area contributed by atoms with Crippen molar-refractivity contribution in [1.29, 1.82) is 0 Å². The number of benzene rings is 1. The van der Waals surface area contributed by atoms with Crippen LogP contribution >= 0.6 is 11.3 Å². The third-order valence-corrected chi connectivity index (χ3v) is 6.17. The molecule has 1 fully saturated rings. The zero-order chi connectivity index (χ0) is 22.5. The second-order valence-corrected chi connectivity index (χ2v) is 8.50. The number of carbonyl (C=O) groups is 3. The Hall–Kier alpha value is -3.27. The summed E-state index contributed by atoms with van der Waals surface area (Å²) in [5, 5.41) is 7.53. The van der Waals surface area contributed by atoms with Crippen LogP contribution in [0.5, 0.6) is 11.5 Å². The van der Waals surface area contributed by atoms with Crippen molar-refractivity contribution in [1.82, 2.24) is 15.5 Å². The Balaban J connectivity index is 1.39. The maximum atomic E-state index is 12.7. The first-order chi connectivity index (χ1) is 15.5. The summed E-state index contributed by atoms with van der Waals surface area (Å²) in [6.45, 7) is 3.22. The number of ether oxygens (including phenoxy) is 3. The van der Waals surface area contributed by atoms with Gasteiger partial charge in [-0.15, -0.1) is 11.3 Å². The normalized spacial score (nSPS) is 17.8. The molecule has 2 aliphatic heterocycles. The fraction of sp³-hybridized carbons (Fsp3) is 0.409. The SMILES string of the molecule is CCOC(=O)CC(NC(=O)NC1CCN(Cc2cccs2)C1=O)c1ccc2c(c1)OCO2. The lowest BCUT2D eigenvalue weighted by atomic mass is 10.0. The Kier molecular flexibility index (Phi) is 6.79. The quantitative estimate of drug-likeness (QED) is 0.588. The summed E-state index contributed by atoms with van der Waals surface area (Å²) in [5.74, 6) is 0.609. The van der Waals surface area contributed by atoms with E-state index in [1.54, 1.807) is 41.4 Å². The third-order valence-electron chi connectivity index (χ3n) is 5.31. The van der Waals surface area contributed by atoms with Crippen LogP contribution in [0.2, 0.25) is 0 Å². The molecule has 1 saturated heterocycles. The molecule has 2 aromatic rings. The van der Waals surface area contributed by atoms with Crippen LogP contribution in [0.25, 0.3) is 0 Å². The number of urea groups is 1. The van der Waals surface area contributed by atoms with E-state index in [-0.39, 0.29) is 25.7 Å². The standard InChI is InChI=1S/C22H25N3O6S/c1-2-29-20(26)11-17(14-5-6-18-19(10-14)31-13-30-18)24-22(28)23-16-7-8-25(21(16)27)12-15-4-3-9-32-15/h3-6,9-10,16-17H,2,7-8,11-13H2,1H3,(H2,23,24,28). The summed E-state index contributed by atoms with van der Waals surface area (Å²) >= 11 is 1.59. The molecule has 0 saturated carbocycles. The Labute approximate surface area is 189 Å². The molecule has 2 unspecified atom stereocenters. The van der Waals surface area contributed by atoms with Crippen molar-refractivity contribution in [3.63, 3.8) is 0 Å². The Morgan fingerprint density at radius 1 is 1.28 bits per heavy atom. The molecule has 170 valence electrons. The van der Waals surface area contributed by atoms with E-state index in [1.807, 2.05) is 17.5 Å². The second-order valence-electron chi connectivity index (χ2n) is 7.47. The van der Waals surface area contributed by atoms with Crippen LogP contribution in [0.1, 0.15) is 36.2 Å². The largest absolute Gasteiger partial charge is 0.466 e. The van der Waals surface area contributed by atoms with Gasteiger partial charge in [-0.1, -0.05) is 12.1 Å². The third kappa shape index (κ3) is 5.13. The highest BCUT2D eigenvalue weighted by Crippen LogP contribution is 2.35. The molecule has 0 spiro atoms. The van der Waals surface area contributed by atoms with Gasteiger partial charge in [-0.2, -0.15) is 0 Å². The summed E-state index contributed by atoms with van der Waals surface area (Å²) < 4.78 is 15.8. The molecular formula is C22H25N3O6S. The number of rotatable bonds is 8. The van der Waals surface area contributed by atoms with Crippen LogP contribution in [-0.2, 0) is 20.9 Å². The summed E-state index contributed by atoms with van der Waals surface area (Å²) in [6, 6.07) is 7.39. The average Bonchev–Trinajstić information content (AvgIpc) is 3.51. The second kappa shape index (κ2) is 9.90. The molecular weight excluding hydrogens is 434 g/mol. The Morgan fingerprint density at radius 3 is 2.91 bits per heavy atom. The highest BCUT2D eigenvalue weighted by Gasteiger charge is 2.33. The predicted octanol–water partition coefficient (Wildman–Crippen LogP) is 2.57. The highest BCUT2D eigenvalue weighted by molar-refractivity contribution is 7.09. The summed E-state index contributed by atoms with van der Waals surface area (Å²) in [4.78, 5) is 40.4. The number of nitrogens with one attached hydrogen (secondary N) is 2. The lowest BCUT2D eigenvalue weighted by molar-refractivity contribution is -0.143. The van der Waals surface area contributed by atoms with E-state index in [2.05, 4.69) is 10.6 Å². The van der Waals surface area contributed by atoms with Gasteiger partial charge < -0.3 is 29.7 Å². The number of likely N-dealkylation sites (tertiary alicyclic amines) is 1. The molecule has 4 rings (SSSR count). The molecule has 1 aromatic heterocycles. The van der Waals surface area contributed by atoms with Crippen molar-refractivity contribution in [2.75, 3.05) is 19.9 Å². The fourth-order valence-corrected chi connectivity index (χ4v) is 4.47. The molecule has 10 heteroatoms. The minimum atomic E-state index is -0.651. The number of nitrogens with zero attached hydrogens (tertiary/aromatic N) is 1. The van der Waals surface area contributed by atoms with E-state index in [1.165, 1.54) is 0 Å². The first-order valence-corrected chi connectivity index (χ1v) is 11.3. The van der Waals surface area contributed by atoms with Crippen LogP contribution in [0, 0.1) is 0 Å². The first kappa shape index (κ1) is 21.9. The van der Waals surface area contributed by atoms with Gasteiger partial charge in [0.25, 0.3) is 0 Å². The van der Waals surface area contributed by atoms with Crippen molar-refractivity contribution in [2.24, 2.45) is 0 Å². The van der Waals surface area contributed by atoms with E-state index in [9.17, 15) is 14.4 Å². The summed E-state index contributed by atoms with van der Waals surface area (Å²) in [6.07, 6.45) is 0.480. The van der Waals surface area contributed by atoms with Crippen molar-refractivity contribution >= 4 is 29.2 Å². The Bertz CT molecular complexity index is 980. The van der Waals surface area contributed by atoms with Gasteiger partial charge in [0.15, 0.2) is 11.5 Å². The van der Waals surface area contributed by atoms with Crippen LogP contribution in [0.4, 0.5) is 4.79 Å².